The molecule has 140 valence electrons. The summed E-state index contributed by atoms with van der Waals surface area (Å²) in [4.78, 5) is 20.0. The third kappa shape index (κ3) is 5.04. The molecule has 4 atom stereocenters. The molecule has 1 unspecified atom stereocenters. The molecule has 0 amide bonds. The van der Waals surface area contributed by atoms with E-state index in [9.17, 15) is 30.4 Å². The summed E-state index contributed by atoms with van der Waals surface area (Å²) in [5.41, 5.74) is -1.11. The van der Waals surface area contributed by atoms with Gasteiger partial charge in [-0.1, -0.05) is 0 Å². The third-order valence-electron chi connectivity index (χ3n) is 3.32. The Kier molecular flexibility index (Phi) is 7.60. The second-order valence-electron chi connectivity index (χ2n) is 4.86. The monoisotopic (exact) mass is 362 g/mol. The van der Waals surface area contributed by atoms with Crippen molar-refractivity contribution in [2.24, 2.45) is 0 Å². The Labute approximate surface area is 141 Å². The molecule has 1 aliphatic heterocycles. The lowest BCUT2D eigenvalue weighted by Gasteiger charge is -2.35. The highest BCUT2D eigenvalue weighted by atomic mass is 16.7. The van der Waals surface area contributed by atoms with Crippen LogP contribution in [0.3, 0.4) is 0 Å². The Morgan fingerprint density at radius 1 is 1.24 bits per heavy atom. The van der Waals surface area contributed by atoms with Gasteiger partial charge < -0.3 is 29.9 Å². The zero-order chi connectivity index (χ0) is 19.1. The zero-order valence-corrected chi connectivity index (χ0v) is 13.1. The van der Waals surface area contributed by atoms with Crippen molar-refractivity contribution >= 4 is 11.4 Å². The molecule has 0 radical (unpaired) electrons. The lowest BCUT2D eigenvalue weighted by Crippen LogP contribution is -2.51. The average molecular weight is 362 g/mol. The Morgan fingerprint density at radius 3 is 2.40 bits per heavy atom. The van der Waals surface area contributed by atoms with Crippen LogP contribution in [0.1, 0.15) is 6.42 Å². The number of aliphatic hydroxyl groups is 4. The first kappa shape index (κ1) is 20.7. The summed E-state index contributed by atoms with van der Waals surface area (Å²) < 4.78 is 10.5. The van der Waals surface area contributed by atoms with Crippen LogP contribution in [0, 0.1) is 20.2 Å². The van der Waals surface area contributed by atoms with Gasteiger partial charge in [0.25, 0.3) is 5.69 Å². The predicted octanol–water partition coefficient (Wildman–Crippen LogP) is -0.681. The number of nitro benzene ring substituents is 2. The first-order valence-electron chi connectivity index (χ1n) is 7.00. The minimum atomic E-state index is -1.31. The van der Waals surface area contributed by atoms with Crippen LogP contribution in [0.2, 0.25) is 0 Å². The molecule has 0 saturated carbocycles. The van der Waals surface area contributed by atoms with E-state index in [1.165, 1.54) is 0 Å². The molecule has 4 N–H and O–H groups in total. The number of non-ortho nitro benzene ring substituents is 1. The van der Waals surface area contributed by atoms with Crippen LogP contribution in [0.4, 0.5) is 11.4 Å². The summed E-state index contributed by atoms with van der Waals surface area (Å²) in [6, 6.07) is 2.82. The third-order valence-corrected chi connectivity index (χ3v) is 3.32. The summed E-state index contributed by atoms with van der Waals surface area (Å²) in [5.74, 6) is -0.286. The van der Waals surface area contributed by atoms with Crippen molar-refractivity contribution in [3.8, 4) is 5.75 Å². The van der Waals surface area contributed by atoms with Gasteiger partial charge in [0, 0.05) is 19.6 Å². The maximum absolute atomic E-state index is 11.0. The van der Waals surface area contributed by atoms with Crippen LogP contribution in [0.25, 0.3) is 0 Å². The predicted molar refractivity (Wildman–Crippen MR) is 80.9 cm³/mol. The number of benzene rings is 1. The molecule has 0 aliphatic carbocycles. The maximum atomic E-state index is 11.0. The quantitative estimate of drug-likeness (QED) is 0.386. The number of aliphatic hydroxyl groups excluding tert-OH is 4. The standard InChI is InChI=1S/C12H14N2O9.CH4O/c15-5-10-12(17)8(16)4-11(23-10)22-9-2-1-6(13(18)19)3-7(9)14(20)21;1-2/h1-3,8,10-12,15-17H,4-5H2;2H,1H3/t8-,10?,11-,12+;/m1./s1. The highest BCUT2D eigenvalue weighted by molar-refractivity contribution is 5.53. The van der Waals surface area contributed by atoms with Gasteiger partial charge in [-0.05, 0) is 6.07 Å². The van der Waals surface area contributed by atoms with Gasteiger partial charge in [-0.25, -0.2) is 0 Å². The Bertz CT molecular complexity index is 610. The van der Waals surface area contributed by atoms with Crippen molar-refractivity contribution in [2.75, 3.05) is 13.7 Å². The fraction of sp³-hybridized carbons (Fsp3) is 0.538. The number of rotatable bonds is 5. The second kappa shape index (κ2) is 9.19. The van der Waals surface area contributed by atoms with Crippen LogP contribution in [0.15, 0.2) is 18.2 Å². The molecule has 1 heterocycles. The molecule has 0 spiro atoms. The number of ether oxygens (including phenoxy) is 2. The molecular weight excluding hydrogens is 344 g/mol. The summed E-state index contributed by atoms with van der Waals surface area (Å²) in [6.45, 7) is -0.583. The fourth-order valence-corrected chi connectivity index (χ4v) is 2.15. The first-order chi connectivity index (χ1) is 11.8. The van der Waals surface area contributed by atoms with Gasteiger partial charge in [-0.2, -0.15) is 0 Å². The van der Waals surface area contributed by atoms with Crippen LogP contribution < -0.4 is 4.74 Å². The Morgan fingerprint density at radius 2 is 1.88 bits per heavy atom. The molecule has 1 saturated heterocycles. The number of hydrogen-bond acceptors (Lipinski definition) is 10. The Balaban J connectivity index is 0.00000151. The van der Waals surface area contributed by atoms with Gasteiger partial charge in [-0.3, -0.25) is 20.2 Å². The van der Waals surface area contributed by atoms with Crippen LogP contribution >= 0.6 is 0 Å². The van der Waals surface area contributed by atoms with Gasteiger partial charge in [0.2, 0.25) is 12.0 Å². The molecule has 1 aromatic carbocycles. The number of hydrogen-bond donors (Lipinski definition) is 4. The fourth-order valence-electron chi connectivity index (χ4n) is 2.15. The first-order valence-corrected chi connectivity index (χ1v) is 7.00. The van der Waals surface area contributed by atoms with E-state index in [1.807, 2.05) is 0 Å². The van der Waals surface area contributed by atoms with Gasteiger partial charge in [0.05, 0.1) is 28.6 Å². The van der Waals surface area contributed by atoms with Gasteiger partial charge in [-0.15, -0.1) is 0 Å². The van der Waals surface area contributed by atoms with E-state index < -0.39 is 52.4 Å². The van der Waals surface area contributed by atoms with E-state index in [0.717, 1.165) is 25.3 Å². The number of nitro groups is 2. The van der Waals surface area contributed by atoms with E-state index in [-0.39, 0.29) is 12.2 Å². The van der Waals surface area contributed by atoms with Crippen molar-refractivity contribution in [2.45, 2.75) is 31.0 Å². The molecule has 1 aliphatic rings. The van der Waals surface area contributed by atoms with Crippen molar-refractivity contribution in [1.29, 1.82) is 0 Å². The molecule has 2 rings (SSSR count). The van der Waals surface area contributed by atoms with E-state index in [4.69, 9.17) is 19.7 Å². The summed E-state index contributed by atoms with van der Waals surface area (Å²) in [5, 5.41) is 57.0. The second-order valence-corrected chi connectivity index (χ2v) is 4.86. The van der Waals surface area contributed by atoms with Gasteiger partial charge in [0.15, 0.2) is 0 Å². The molecule has 1 aromatic rings. The van der Waals surface area contributed by atoms with Crippen LogP contribution in [-0.2, 0) is 4.74 Å². The van der Waals surface area contributed by atoms with Crippen molar-refractivity contribution in [1.82, 2.24) is 0 Å². The van der Waals surface area contributed by atoms with Gasteiger partial charge in [0.1, 0.15) is 12.2 Å². The van der Waals surface area contributed by atoms with E-state index in [1.54, 1.807) is 0 Å². The van der Waals surface area contributed by atoms with Gasteiger partial charge >= 0.3 is 5.69 Å². The molecule has 25 heavy (non-hydrogen) atoms. The molecule has 1 fully saturated rings. The highest BCUT2D eigenvalue weighted by Crippen LogP contribution is 2.33. The van der Waals surface area contributed by atoms with Crippen LogP contribution in [0.5, 0.6) is 5.75 Å². The summed E-state index contributed by atoms with van der Waals surface area (Å²) in [6.07, 6.45) is -5.02. The van der Waals surface area contributed by atoms with Crippen molar-refractivity contribution < 1.29 is 39.7 Å². The molecule has 0 bridgehead atoms. The summed E-state index contributed by atoms with van der Waals surface area (Å²) >= 11 is 0. The zero-order valence-electron chi connectivity index (χ0n) is 13.1. The largest absolute Gasteiger partial charge is 0.458 e. The molecular formula is C13H18N2O10. The normalized spacial score (nSPS) is 25.5. The van der Waals surface area contributed by atoms with Crippen molar-refractivity contribution in [3.05, 3.63) is 38.4 Å². The maximum Gasteiger partial charge on any atom is 0.317 e. The smallest absolute Gasteiger partial charge is 0.317 e. The average Bonchev–Trinajstić information content (AvgIpc) is 2.59. The lowest BCUT2D eigenvalue weighted by molar-refractivity contribution is -0.395. The highest BCUT2D eigenvalue weighted by Gasteiger charge is 2.38. The number of nitrogens with zero attached hydrogens (tertiary/aromatic N) is 2. The Hall–Kier alpha value is -2.38. The molecule has 0 aromatic heterocycles. The SMILES string of the molecule is CO.O=[N+]([O-])c1ccc(O[C@H]2C[C@@H](O)[C@H](O)C(CO)O2)c([N+](=O)[O-])c1. The van der Waals surface area contributed by atoms with E-state index >= 15 is 0 Å². The summed E-state index contributed by atoms with van der Waals surface area (Å²) in [7, 11) is 1.00. The van der Waals surface area contributed by atoms with E-state index in [0.29, 0.717) is 0 Å². The van der Waals surface area contributed by atoms with Crippen LogP contribution in [-0.4, -0.2) is 68.6 Å². The molecule has 12 nitrogen and oxygen atoms in total. The van der Waals surface area contributed by atoms with Crippen molar-refractivity contribution in [3.63, 3.8) is 0 Å². The van der Waals surface area contributed by atoms with E-state index in [2.05, 4.69) is 0 Å². The topological polar surface area (TPSA) is 186 Å². The minimum Gasteiger partial charge on any atom is -0.458 e. The lowest BCUT2D eigenvalue weighted by atomic mass is 10.0. The minimum absolute atomic E-state index is 0.189. The molecule has 12 heteroatoms.